The van der Waals surface area contributed by atoms with Crippen LogP contribution in [0.5, 0.6) is 0 Å². The van der Waals surface area contributed by atoms with Crippen LogP contribution in [-0.2, 0) is 0 Å². The van der Waals surface area contributed by atoms with Gasteiger partial charge in [-0.05, 0) is 30.0 Å². The van der Waals surface area contributed by atoms with Crippen molar-refractivity contribution in [3.8, 4) is 11.8 Å². The zero-order chi connectivity index (χ0) is 15.4. The van der Waals surface area contributed by atoms with Crippen LogP contribution in [0.15, 0.2) is 23.6 Å². The van der Waals surface area contributed by atoms with Crippen LogP contribution in [0.1, 0.15) is 20.8 Å². The molecule has 0 fully saturated rings. The Kier molecular flexibility index (Phi) is 4.68. The first-order valence-electron chi connectivity index (χ1n) is 6.06. The van der Waals surface area contributed by atoms with E-state index in [1.807, 2.05) is 0 Å². The molecule has 0 saturated carbocycles. The van der Waals surface area contributed by atoms with Crippen LogP contribution < -0.4 is 11.1 Å². The molecular formula is C15H12F2N2OS. The highest BCUT2D eigenvalue weighted by Gasteiger charge is 2.15. The highest BCUT2D eigenvalue weighted by atomic mass is 32.1. The molecule has 0 aliphatic rings. The van der Waals surface area contributed by atoms with Gasteiger partial charge in [-0.15, -0.1) is 11.3 Å². The lowest BCUT2D eigenvalue weighted by Crippen LogP contribution is -2.13. The van der Waals surface area contributed by atoms with Gasteiger partial charge in [0.1, 0.15) is 16.5 Å². The van der Waals surface area contributed by atoms with Crippen molar-refractivity contribution >= 4 is 22.9 Å². The predicted molar refractivity (Wildman–Crippen MR) is 79.3 cm³/mol. The minimum Gasteiger partial charge on any atom is -0.320 e. The van der Waals surface area contributed by atoms with Gasteiger partial charge >= 0.3 is 0 Å². The smallest absolute Gasteiger partial charge is 0.267 e. The van der Waals surface area contributed by atoms with E-state index in [1.165, 1.54) is 18.3 Å². The molecule has 2 aromatic rings. The molecule has 21 heavy (non-hydrogen) atoms. The lowest BCUT2D eigenvalue weighted by molar-refractivity contribution is 0.103. The number of rotatable bonds is 2. The van der Waals surface area contributed by atoms with Gasteiger partial charge in [0.25, 0.3) is 5.91 Å². The molecule has 0 unspecified atom stereocenters. The number of hydrogen-bond acceptors (Lipinski definition) is 3. The monoisotopic (exact) mass is 306 g/mol. The summed E-state index contributed by atoms with van der Waals surface area (Å²) in [5, 5.41) is 4.05. The summed E-state index contributed by atoms with van der Waals surface area (Å²) >= 11 is 1.17. The van der Waals surface area contributed by atoms with Crippen molar-refractivity contribution in [2.45, 2.75) is 6.92 Å². The molecule has 2 rings (SSSR count). The Labute approximate surface area is 124 Å². The third kappa shape index (κ3) is 3.45. The fraction of sp³-hybridized carbons (Fsp3) is 0.133. The van der Waals surface area contributed by atoms with E-state index in [-0.39, 0.29) is 17.8 Å². The summed E-state index contributed by atoms with van der Waals surface area (Å²) in [4.78, 5) is 12.4. The standard InChI is InChI=1S/C15H12F2N2OS/c1-9-7-12(17)13(8-11(9)16)19-15(20)14-10(3-2-5-18)4-6-21-14/h4,6-8H,5,18H2,1H3,(H,19,20). The van der Waals surface area contributed by atoms with Gasteiger partial charge in [-0.2, -0.15) is 0 Å². The van der Waals surface area contributed by atoms with E-state index in [2.05, 4.69) is 17.2 Å². The van der Waals surface area contributed by atoms with E-state index in [4.69, 9.17) is 5.73 Å². The number of nitrogens with one attached hydrogen (secondary N) is 1. The molecule has 1 aromatic heterocycles. The van der Waals surface area contributed by atoms with Crippen molar-refractivity contribution in [3.63, 3.8) is 0 Å². The van der Waals surface area contributed by atoms with Gasteiger partial charge in [0.2, 0.25) is 0 Å². The largest absolute Gasteiger partial charge is 0.320 e. The lowest BCUT2D eigenvalue weighted by atomic mass is 10.2. The number of thiophene rings is 1. The Hall–Kier alpha value is -2.23. The highest BCUT2D eigenvalue weighted by molar-refractivity contribution is 7.12. The van der Waals surface area contributed by atoms with E-state index in [0.717, 1.165) is 12.1 Å². The van der Waals surface area contributed by atoms with Crippen LogP contribution >= 0.6 is 11.3 Å². The second-order valence-electron chi connectivity index (χ2n) is 4.20. The maximum atomic E-state index is 13.7. The van der Waals surface area contributed by atoms with Gasteiger partial charge in [0.15, 0.2) is 0 Å². The average Bonchev–Trinajstić information content (AvgIpc) is 2.91. The van der Waals surface area contributed by atoms with Gasteiger partial charge < -0.3 is 11.1 Å². The summed E-state index contributed by atoms with van der Waals surface area (Å²) in [5.74, 6) is 3.61. The molecule has 1 aromatic carbocycles. The summed E-state index contributed by atoms with van der Waals surface area (Å²) in [5.41, 5.74) is 5.77. The van der Waals surface area contributed by atoms with E-state index in [9.17, 15) is 13.6 Å². The average molecular weight is 306 g/mol. The number of amides is 1. The van der Waals surface area contributed by atoms with Crippen LogP contribution in [0.25, 0.3) is 0 Å². The molecule has 0 bridgehead atoms. The molecule has 0 aliphatic carbocycles. The van der Waals surface area contributed by atoms with Gasteiger partial charge in [0, 0.05) is 11.6 Å². The van der Waals surface area contributed by atoms with Crippen LogP contribution in [0, 0.1) is 30.4 Å². The van der Waals surface area contributed by atoms with E-state index in [1.54, 1.807) is 11.4 Å². The molecule has 0 radical (unpaired) electrons. The number of nitrogens with two attached hydrogens (primary N) is 1. The lowest BCUT2D eigenvalue weighted by Gasteiger charge is -2.07. The molecule has 0 saturated heterocycles. The predicted octanol–water partition coefficient (Wildman–Crippen LogP) is 2.90. The highest BCUT2D eigenvalue weighted by Crippen LogP contribution is 2.22. The summed E-state index contributed by atoms with van der Waals surface area (Å²) in [6.45, 7) is 1.62. The van der Waals surface area contributed by atoms with Gasteiger partial charge in [-0.1, -0.05) is 11.8 Å². The molecule has 1 amide bonds. The molecule has 6 heteroatoms. The molecule has 0 spiro atoms. The molecular weight excluding hydrogens is 294 g/mol. The van der Waals surface area contributed by atoms with Gasteiger partial charge in [-0.25, -0.2) is 8.78 Å². The van der Waals surface area contributed by atoms with Crippen LogP contribution in [0.4, 0.5) is 14.5 Å². The van der Waals surface area contributed by atoms with Crippen LogP contribution in [0.2, 0.25) is 0 Å². The van der Waals surface area contributed by atoms with E-state index in [0.29, 0.717) is 10.4 Å². The van der Waals surface area contributed by atoms with Gasteiger partial charge in [-0.3, -0.25) is 4.79 Å². The number of carbonyl (C=O) groups excluding carboxylic acids is 1. The third-order valence-corrected chi connectivity index (χ3v) is 3.61. The topological polar surface area (TPSA) is 55.1 Å². The summed E-state index contributed by atoms with van der Waals surface area (Å²) < 4.78 is 27.2. The molecule has 0 atom stereocenters. The first kappa shape index (κ1) is 15.2. The molecule has 3 N–H and O–H groups in total. The Morgan fingerprint density at radius 2 is 2.14 bits per heavy atom. The van der Waals surface area contributed by atoms with Crippen molar-refractivity contribution < 1.29 is 13.6 Å². The van der Waals surface area contributed by atoms with Crippen molar-refractivity contribution in [1.29, 1.82) is 0 Å². The van der Waals surface area contributed by atoms with E-state index < -0.39 is 17.5 Å². The zero-order valence-corrected chi connectivity index (χ0v) is 12.0. The number of aryl methyl sites for hydroxylation is 1. The second kappa shape index (κ2) is 6.48. The van der Waals surface area contributed by atoms with E-state index >= 15 is 0 Å². The minimum atomic E-state index is -0.687. The van der Waals surface area contributed by atoms with Crippen molar-refractivity contribution in [1.82, 2.24) is 0 Å². The fourth-order valence-corrected chi connectivity index (χ4v) is 2.40. The van der Waals surface area contributed by atoms with Crippen molar-refractivity contribution in [2.75, 3.05) is 11.9 Å². The fourth-order valence-electron chi connectivity index (χ4n) is 1.65. The minimum absolute atomic E-state index is 0.175. The molecule has 0 aliphatic heterocycles. The summed E-state index contributed by atoms with van der Waals surface area (Å²) in [7, 11) is 0. The Bertz CT molecular complexity index is 744. The normalized spacial score (nSPS) is 9.90. The van der Waals surface area contributed by atoms with Crippen molar-refractivity contribution in [3.05, 3.63) is 51.2 Å². The molecule has 1 heterocycles. The number of anilines is 1. The van der Waals surface area contributed by atoms with Crippen LogP contribution in [0.3, 0.4) is 0 Å². The molecule has 108 valence electrons. The summed E-state index contributed by atoms with van der Waals surface area (Å²) in [6.07, 6.45) is 0. The van der Waals surface area contributed by atoms with Crippen molar-refractivity contribution in [2.24, 2.45) is 5.73 Å². The SMILES string of the molecule is Cc1cc(F)c(NC(=O)c2sccc2C#CCN)cc1F. The number of carbonyl (C=O) groups is 1. The number of hydrogen-bond donors (Lipinski definition) is 2. The number of benzene rings is 1. The van der Waals surface area contributed by atoms with Gasteiger partial charge in [0.05, 0.1) is 12.2 Å². The first-order chi connectivity index (χ1) is 10.0. The quantitative estimate of drug-likeness (QED) is 0.838. The number of halogens is 2. The molecule has 3 nitrogen and oxygen atoms in total. The maximum Gasteiger partial charge on any atom is 0.267 e. The summed E-state index contributed by atoms with van der Waals surface area (Å²) in [6, 6.07) is 3.67. The Balaban J connectivity index is 2.27. The maximum absolute atomic E-state index is 13.7. The Morgan fingerprint density at radius 3 is 2.86 bits per heavy atom. The first-order valence-corrected chi connectivity index (χ1v) is 6.94. The zero-order valence-electron chi connectivity index (χ0n) is 11.2. The van der Waals surface area contributed by atoms with Crippen LogP contribution in [-0.4, -0.2) is 12.5 Å². The Morgan fingerprint density at radius 1 is 1.38 bits per heavy atom. The third-order valence-electron chi connectivity index (χ3n) is 2.69. The second-order valence-corrected chi connectivity index (χ2v) is 5.12.